The molecule has 0 saturated heterocycles. The van der Waals surface area contributed by atoms with Crippen LogP contribution in [0.5, 0.6) is 0 Å². The number of benzene rings is 1. The summed E-state index contributed by atoms with van der Waals surface area (Å²) in [5.41, 5.74) is 7.24. The van der Waals surface area contributed by atoms with Crippen molar-refractivity contribution in [1.29, 1.82) is 0 Å². The van der Waals surface area contributed by atoms with Gasteiger partial charge in [0, 0.05) is 40.0 Å². The topological polar surface area (TPSA) is 89.5 Å². The van der Waals surface area contributed by atoms with Crippen molar-refractivity contribution in [3.05, 3.63) is 83.7 Å². The van der Waals surface area contributed by atoms with Gasteiger partial charge in [-0.2, -0.15) is 0 Å². The van der Waals surface area contributed by atoms with Crippen molar-refractivity contribution in [3.63, 3.8) is 0 Å². The average Bonchev–Trinajstić information content (AvgIpc) is 3.33. The lowest BCUT2D eigenvalue weighted by molar-refractivity contribution is -0.385. The van der Waals surface area contributed by atoms with Gasteiger partial charge in [-0.25, -0.2) is 0 Å². The van der Waals surface area contributed by atoms with Gasteiger partial charge >= 0.3 is 0 Å². The van der Waals surface area contributed by atoms with Crippen LogP contribution >= 0.6 is 22.7 Å². The molecule has 0 radical (unpaired) electrons. The van der Waals surface area contributed by atoms with Crippen LogP contribution in [0.1, 0.15) is 37.3 Å². The fourth-order valence-corrected chi connectivity index (χ4v) is 5.34. The third-order valence-corrected chi connectivity index (χ3v) is 6.74. The lowest BCUT2D eigenvalue weighted by Gasteiger charge is -2.35. The molecule has 6 nitrogen and oxygen atoms in total. The van der Waals surface area contributed by atoms with Crippen LogP contribution in [0.2, 0.25) is 0 Å². The first-order chi connectivity index (χ1) is 13.0. The molecular weight excluding hydrogens is 382 g/mol. The van der Waals surface area contributed by atoms with Crippen LogP contribution in [0.25, 0.3) is 0 Å². The lowest BCUT2D eigenvalue weighted by Crippen LogP contribution is -2.34. The summed E-state index contributed by atoms with van der Waals surface area (Å²) in [6.07, 6.45) is 0.933. The van der Waals surface area contributed by atoms with Crippen LogP contribution in [0.4, 0.5) is 5.69 Å². The highest BCUT2D eigenvalue weighted by atomic mass is 32.1. The van der Waals surface area contributed by atoms with E-state index in [2.05, 4.69) is 27.8 Å². The quantitative estimate of drug-likeness (QED) is 0.519. The minimum Gasteiger partial charge on any atom is -0.366 e. The summed E-state index contributed by atoms with van der Waals surface area (Å²) in [5, 5.41) is 15.7. The van der Waals surface area contributed by atoms with Crippen molar-refractivity contribution in [2.45, 2.75) is 19.0 Å². The Labute approximate surface area is 164 Å². The predicted octanol–water partition coefficient (Wildman–Crippen LogP) is 3.96. The molecule has 1 aromatic carbocycles. The van der Waals surface area contributed by atoms with Crippen LogP contribution in [-0.2, 0) is 13.0 Å². The maximum absolute atomic E-state index is 11.5. The van der Waals surface area contributed by atoms with E-state index in [0.29, 0.717) is 12.1 Å². The summed E-state index contributed by atoms with van der Waals surface area (Å²) >= 11 is 3.46. The molecule has 27 heavy (non-hydrogen) atoms. The van der Waals surface area contributed by atoms with Crippen molar-refractivity contribution in [2.24, 2.45) is 5.73 Å². The van der Waals surface area contributed by atoms with Crippen LogP contribution in [0.15, 0.2) is 47.2 Å². The van der Waals surface area contributed by atoms with Crippen molar-refractivity contribution in [2.75, 3.05) is 6.54 Å². The zero-order valence-electron chi connectivity index (χ0n) is 14.3. The second-order valence-electron chi connectivity index (χ2n) is 6.40. The van der Waals surface area contributed by atoms with Crippen LogP contribution in [0.3, 0.4) is 0 Å². The van der Waals surface area contributed by atoms with Crippen LogP contribution in [-0.4, -0.2) is 22.3 Å². The van der Waals surface area contributed by atoms with E-state index in [1.54, 1.807) is 34.8 Å². The van der Waals surface area contributed by atoms with E-state index in [1.807, 2.05) is 6.07 Å². The van der Waals surface area contributed by atoms with Gasteiger partial charge in [0.2, 0.25) is 5.91 Å². The van der Waals surface area contributed by atoms with Gasteiger partial charge in [0.25, 0.3) is 5.69 Å². The van der Waals surface area contributed by atoms with Crippen LogP contribution < -0.4 is 5.73 Å². The Morgan fingerprint density at radius 2 is 2.11 bits per heavy atom. The highest BCUT2D eigenvalue weighted by Gasteiger charge is 2.31. The Kier molecular flexibility index (Phi) is 4.77. The smallest absolute Gasteiger partial charge is 0.274 e. The summed E-state index contributed by atoms with van der Waals surface area (Å²) in [7, 11) is 0. The number of nitrogens with zero attached hydrogens (tertiary/aromatic N) is 2. The molecule has 8 heteroatoms. The first-order valence-corrected chi connectivity index (χ1v) is 10.2. The van der Waals surface area contributed by atoms with Gasteiger partial charge in [0.05, 0.1) is 11.0 Å². The third-order valence-electron chi connectivity index (χ3n) is 4.82. The Hall–Kier alpha value is -2.55. The molecule has 1 aliphatic rings. The van der Waals surface area contributed by atoms with E-state index in [4.69, 9.17) is 5.73 Å². The second-order valence-corrected chi connectivity index (χ2v) is 8.38. The minimum atomic E-state index is -0.665. The predicted molar refractivity (Wildman–Crippen MR) is 106 cm³/mol. The summed E-state index contributed by atoms with van der Waals surface area (Å²) in [5.74, 6) is -0.665. The first-order valence-electron chi connectivity index (χ1n) is 8.45. The van der Waals surface area contributed by atoms with Gasteiger partial charge in [-0.1, -0.05) is 12.1 Å². The van der Waals surface area contributed by atoms with E-state index in [1.165, 1.54) is 21.4 Å². The number of hydrogen-bond acceptors (Lipinski definition) is 6. The number of hydrogen-bond donors (Lipinski definition) is 1. The number of thiophene rings is 2. The number of nitro groups is 1. The molecule has 0 aliphatic carbocycles. The number of fused-ring (bicyclic) bond motifs is 1. The molecular formula is C19H17N3O3S2. The fraction of sp³-hybridized carbons (Fsp3) is 0.211. The largest absolute Gasteiger partial charge is 0.366 e. The maximum atomic E-state index is 11.5. The zero-order valence-corrected chi connectivity index (χ0v) is 16.0. The fourth-order valence-electron chi connectivity index (χ4n) is 3.56. The maximum Gasteiger partial charge on any atom is 0.274 e. The van der Waals surface area contributed by atoms with Crippen molar-refractivity contribution in [3.8, 4) is 0 Å². The molecule has 2 N–H and O–H groups in total. The number of nitro benzene ring substituents is 1. The Balaban J connectivity index is 1.71. The second kappa shape index (κ2) is 7.22. The van der Waals surface area contributed by atoms with Gasteiger partial charge in [-0.15, -0.1) is 22.7 Å². The minimum absolute atomic E-state index is 0.0626. The molecule has 4 rings (SSSR count). The molecule has 1 atom stereocenters. The van der Waals surface area contributed by atoms with Crippen molar-refractivity contribution in [1.82, 2.24) is 4.90 Å². The highest BCUT2D eigenvalue weighted by molar-refractivity contribution is 7.10. The highest BCUT2D eigenvalue weighted by Crippen LogP contribution is 2.40. The van der Waals surface area contributed by atoms with Gasteiger partial charge in [-0.3, -0.25) is 19.8 Å². The van der Waals surface area contributed by atoms with E-state index in [9.17, 15) is 14.9 Å². The summed E-state index contributed by atoms with van der Waals surface area (Å²) in [6, 6.07) is 10.9. The summed E-state index contributed by atoms with van der Waals surface area (Å²) < 4.78 is 0. The Bertz CT molecular complexity index is 998. The lowest BCUT2D eigenvalue weighted by atomic mass is 9.97. The van der Waals surface area contributed by atoms with Gasteiger partial charge in [0.15, 0.2) is 0 Å². The van der Waals surface area contributed by atoms with E-state index < -0.39 is 10.8 Å². The van der Waals surface area contributed by atoms with Crippen LogP contribution in [0, 0.1) is 10.1 Å². The van der Waals surface area contributed by atoms with Crippen molar-refractivity contribution < 1.29 is 9.72 Å². The van der Waals surface area contributed by atoms with E-state index in [0.717, 1.165) is 13.0 Å². The molecule has 3 heterocycles. The zero-order chi connectivity index (χ0) is 19.0. The Morgan fingerprint density at radius 1 is 1.26 bits per heavy atom. The third kappa shape index (κ3) is 3.39. The average molecular weight is 399 g/mol. The van der Waals surface area contributed by atoms with Gasteiger partial charge < -0.3 is 5.73 Å². The molecule has 0 spiro atoms. The molecule has 138 valence electrons. The Morgan fingerprint density at radius 3 is 2.81 bits per heavy atom. The summed E-state index contributed by atoms with van der Waals surface area (Å²) in [6.45, 7) is 1.26. The summed E-state index contributed by atoms with van der Waals surface area (Å²) in [4.78, 5) is 27.4. The number of amides is 1. The molecule has 0 bridgehead atoms. The van der Waals surface area contributed by atoms with Gasteiger partial charge in [0.1, 0.15) is 0 Å². The van der Waals surface area contributed by atoms with Crippen molar-refractivity contribution >= 4 is 34.3 Å². The number of carbonyl (C=O) groups excluding carboxylic acids is 1. The number of nitrogens with two attached hydrogens (primary N) is 1. The molecule has 1 unspecified atom stereocenters. The van der Waals surface area contributed by atoms with Gasteiger partial charge in [-0.05, 0) is 40.9 Å². The molecule has 1 aliphatic heterocycles. The van der Waals surface area contributed by atoms with E-state index in [-0.39, 0.29) is 17.3 Å². The normalized spacial score (nSPS) is 16.8. The number of primary amides is 1. The monoisotopic (exact) mass is 399 g/mol. The first kappa shape index (κ1) is 17.8. The SMILES string of the molecule is NC(=O)c1ccc(CN2CCc3sccc3C2c2cccs2)c([N+](=O)[O-])c1. The van der Waals surface area contributed by atoms with E-state index >= 15 is 0 Å². The molecule has 0 saturated carbocycles. The number of rotatable bonds is 5. The molecule has 0 fully saturated rings. The standard InChI is InChI=1S/C19H17N3O3S2/c20-19(23)12-3-4-13(15(10-12)22(24)25)11-21-7-5-16-14(6-9-27-16)18(21)17-2-1-8-26-17/h1-4,6,8-10,18H,5,7,11H2,(H2,20,23). The molecule has 1 amide bonds. The number of carbonyl (C=O) groups is 1. The molecule has 2 aromatic heterocycles. The molecule has 3 aromatic rings.